The van der Waals surface area contributed by atoms with Crippen LogP contribution >= 0.6 is 0 Å². The minimum atomic E-state index is 0.172. The SMILES string of the molecule is CCCNC(C1=CCCCO1)C(OC)C(C)C. The van der Waals surface area contributed by atoms with Crippen LogP contribution in [0.3, 0.4) is 0 Å². The molecule has 0 radical (unpaired) electrons. The van der Waals surface area contributed by atoms with Crippen LogP contribution in [0, 0.1) is 5.92 Å². The summed E-state index contributed by atoms with van der Waals surface area (Å²) < 4.78 is 11.4. The molecule has 0 aromatic rings. The van der Waals surface area contributed by atoms with Gasteiger partial charge in [0.05, 0.1) is 18.8 Å². The zero-order valence-corrected chi connectivity index (χ0v) is 11.7. The molecule has 1 aliphatic heterocycles. The van der Waals surface area contributed by atoms with Crippen molar-refractivity contribution in [2.75, 3.05) is 20.3 Å². The van der Waals surface area contributed by atoms with Crippen LogP contribution in [0.15, 0.2) is 11.8 Å². The highest BCUT2D eigenvalue weighted by Crippen LogP contribution is 2.21. The molecule has 1 N–H and O–H groups in total. The summed E-state index contributed by atoms with van der Waals surface area (Å²) in [7, 11) is 1.79. The van der Waals surface area contributed by atoms with Crippen molar-refractivity contribution in [3.8, 4) is 0 Å². The lowest BCUT2D eigenvalue weighted by Crippen LogP contribution is -2.46. The zero-order chi connectivity index (χ0) is 12.7. The Balaban J connectivity index is 2.73. The van der Waals surface area contributed by atoms with E-state index in [1.54, 1.807) is 7.11 Å². The first-order valence-corrected chi connectivity index (χ1v) is 6.79. The van der Waals surface area contributed by atoms with Gasteiger partial charge < -0.3 is 14.8 Å². The standard InChI is InChI=1S/C14H27NO2/c1-5-9-15-13(14(16-4)11(2)3)12-8-6-7-10-17-12/h8,11,13-15H,5-7,9-10H2,1-4H3. The lowest BCUT2D eigenvalue weighted by atomic mass is 9.96. The van der Waals surface area contributed by atoms with E-state index in [-0.39, 0.29) is 12.1 Å². The summed E-state index contributed by atoms with van der Waals surface area (Å²) in [5.74, 6) is 1.55. The van der Waals surface area contributed by atoms with Gasteiger partial charge in [0.25, 0.3) is 0 Å². The monoisotopic (exact) mass is 241 g/mol. The second-order valence-corrected chi connectivity index (χ2v) is 4.97. The number of rotatable bonds is 7. The highest BCUT2D eigenvalue weighted by Gasteiger charge is 2.29. The van der Waals surface area contributed by atoms with E-state index in [0.717, 1.165) is 38.2 Å². The maximum absolute atomic E-state index is 5.79. The van der Waals surface area contributed by atoms with Gasteiger partial charge in [0.2, 0.25) is 0 Å². The fourth-order valence-electron chi connectivity index (χ4n) is 2.26. The normalized spacial score (nSPS) is 19.7. The quantitative estimate of drug-likeness (QED) is 0.743. The smallest absolute Gasteiger partial charge is 0.112 e. The molecule has 3 heteroatoms. The van der Waals surface area contributed by atoms with Gasteiger partial charge in [-0.25, -0.2) is 0 Å². The van der Waals surface area contributed by atoms with E-state index in [1.165, 1.54) is 0 Å². The van der Waals surface area contributed by atoms with Gasteiger partial charge in [-0.15, -0.1) is 0 Å². The first-order chi connectivity index (χ1) is 8.20. The predicted molar refractivity (Wildman–Crippen MR) is 71.0 cm³/mol. The maximum atomic E-state index is 5.79. The molecule has 3 nitrogen and oxygen atoms in total. The van der Waals surface area contributed by atoms with E-state index in [9.17, 15) is 0 Å². The van der Waals surface area contributed by atoms with Crippen molar-refractivity contribution in [1.29, 1.82) is 0 Å². The molecule has 100 valence electrons. The highest BCUT2D eigenvalue weighted by molar-refractivity contribution is 5.09. The van der Waals surface area contributed by atoms with Crippen LogP contribution in [0.4, 0.5) is 0 Å². The molecule has 0 amide bonds. The maximum Gasteiger partial charge on any atom is 0.112 e. The Bertz CT molecular complexity index is 238. The molecule has 2 unspecified atom stereocenters. The van der Waals surface area contributed by atoms with Gasteiger partial charge in [0.1, 0.15) is 5.76 Å². The van der Waals surface area contributed by atoms with Crippen molar-refractivity contribution >= 4 is 0 Å². The number of ether oxygens (including phenoxy) is 2. The lowest BCUT2D eigenvalue weighted by Gasteiger charge is -2.32. The van der Waals surface area contributed by atoms with Gasteiger partial charge in [0.15, 0.2) is 0 Å². The van der Waals surface area contributed by atoms with Gasteiger partial charge in [-0.2, -0.15) is 0 Å². The van der Waals surface area contributed by atoms with Crippen LogP contribution in [0.2, 0.25) is 0 Å². The molecule has 0 aromatic heterocycles. The summed E-state index contributed by atoms with van der Waals surface area (Å²) in [6, 6.07) is 0.195. The Morgan fingerprint density at radius 3 is 2.71 bits per heavy atom. The first kappa shape index (κ1) is 14.5. The second-order valence-electron chi connectivity index (χ2n) is 4.97. The topological polar surface area (TPSA) is 30.5 Å². The highest BCUT2D eigenvalue weighted by atomic mass is 16.5. The lowest BCUT2D eigenvalue weighted by molar-refractivity contribution is 0.0209. The predicted octanol–water partition coefficient (Wildman–Crippen LogP) is 2.72. The van der Waals surface area contributed by atoms with Crippen LogP contribution in [0.25, 0.3) is 0 Å². The summed E-state index contributed by atoms with van der Waals surface area (Å²) >= 11 is 0. The van der Waals surface area contributed by atoms with Crippen LogP contribution in [0.5, 0.6) is 0 Å². The van der Waals surface area contributed by atoms with Crippen molar-refractivity contribution < 1.29 is 9.47 Å². The number of hydrogen-bond acceptors (Lipinski definition) is 3. The van der Waals surface area contributed by atoms with Gasteiger partial charge in [-0.1, -0.05) is 20.8 Å². The molecule has 1 aliphatic rings. The number of hydrogen-bond donors (Lipinski definition) is 1. The van der Waals surface area contributed by atoms with Gasteiger partial charge >= 0.3 is 0 Å². The van der Waals surface area contributed by atoms with Gasteiger partial charge in [0, 0.05) is 7.11 Å². The molecule has 0 bridgehead atoms. The molecule has 2 atom stereocenters. The molecular weight excluding hydrogens is 214 g/mol. The average molecular weight is 241 g/mol. The minimum absolute atomic E-state index is 0.172. The Morgan fingerprint density at radius 2 is 2.24 bits per heavy atom. The molecule has 0 spiro atoms. The van der Waals surface area contributed by atoms with Crippen molar-refractivity contribution in [2.45, 2.75) is 52.2 Å². The fourth-order valence-corrected chi connectivity index (χ4v) is 2.26. The van der Waals surface area contributed by atoms with Gasteiger partial charge in [-0.3, -0.25) is 0 Å². The van der Waals surface area contributed by atoms with Crippen LogP contribution < -0.4 is 5.32 Å². The van der Waals surface area contributed by atoms with E-state index in [2.05, 4.69) is 32.2 Å². The van der Waals surface area contributed by atoms with Crippen LogP contribution in [0.1, 0.15) is 40.0 Å². The average Bonchev–Trinajstić information content (AvgIpc) is 2.35. The molecule has 0 fully saturated rings. The van der Waals surface area contributed by atoms with Crippen molar-refractivity contribution in [1.82, 2.24) is 5.32 Å². The molecule has 0 aromatic carbocycles. The molecule has 17 heavy (non-hydrogen) atoms. The molecule has 0 aliphatic carbocycles. The van der Waals surface area contributed by atoms with Gasteiger partial charge in [-0.05, 0) is 37.8 Å². The Labute approximate surface area is 106 Å². The summed E-state index contributed by atoms with van der Waals surface area (Å²) in [5.41, 5.74) is 0. The minimum Gasteiger partial charge on any atom is -0.496 e. The van der Waals surface area contributed by atoms with E-state index in [4.69, 9.17) is 9.47 Å². The zero-order valence-electron chi connectivity index (χ0n) is 11.7. The Kier molecular flexibility index (Phi) is 6.60. The van der Waals surface area contributed by atoms with E-state index >= 15 is 0 Å². The van der Waals surface area contributed by atoms with Crippen LogP contribution in [-0.4, -0.2) is 32.4 Å². The number of nitrogens with one attached hydrogen (secondary N) is 1. The van der Waals surface area contributed by atoms with Crippen molar-refractivity contribution in [3.63, 3.8) is 0 Å². The third kappa shape index (κ3) is 4.32. The third-order valence-corrected chi connectivity index (χ3v) is 3.14. The fraction of sp³-hybridized carbons (Fsp3) is 0.857. The molecular formula is C14H27NO2. The molecule has 0 saturated carbocycles. The summed E-state index contributed by atoms with van der Waals surface area (Å²) in [4.78, 5) is 0. The molecule has 1 rings (SSSR count). The Hall–Kier alpha value is -0.540. The van der Waals surface area contributed by atoms with E-state index in [1.807, 2.05) is 0 Å². The second kappa shape index (κ2) is 7.72. The molecule has 0 saturated heterocycles. The summed E-state index contributed by atoms with van der Waals surface area (Å²) in [6.45, 7) is 8.40. The van der Waals surface area contributed by atoms with E-state index < -0.39 is 0 Å². The number of methoxy groups -OCH3 is 1. The summed E-state index contributed by atoms with van der Waals surface area (Å²) in [6.07, 6.45) is 5.76. The third-order valence-electron chi connectivity index (χ3n) is 3.14. The number of allylic oxidation sites excluding steroid dienone is 1. The summed E-state index contributed by atoms with van der Waals surface area (Å²) in [5, 5.41) is 3.55. The largest absolute Gasteiger partial charge is 0.496 e. The van der Waals surface area contributed by atoms with E-state index in [0.29, 0.717) is 5.92 Å². The first-order valence-electron chi connectivity index (χ1n) is 6.79. The van der Waals surface area contributed by atoms with Crippen LogP contribution in [-0.2, 0) is 9.47 Å². The van der Waals surface area contributed by atoms with Crippen molar-refractivity contribution in [3.05, 3.63) is 11.8 Å². The Morgan fingerprint density at radius 1 is 1.47 bits per heavy atom. The van der Waals surface area contributed by atoms with Crippen molar-refractivity contribution in [2.24, 2.45) is 5.92 Å². The molecule has 1 heterocycles.